The minimum Gasteiger partial charge on any atom is -0.362 e. The SMILES string of the molecule is CN(c1ccc(F)cc1)C(CN)C(F)(F)F. The van der Waals surface area contributed by atoms with Crippen molar-refractivity contribution in [2.45, 2.75) is 12.2 Å². The Bertz CT molecular complexity index is 334. The number of alkyl halides is 3. The summed E-state index contributed by atoms with van der Waals surface area (Å²) < 4.78 is 50.2. The van der Waals surface area contributed by atoms with E-state index in [2.05, 4.69) is 0 Å². The van der Waals surface area contributed by atoms with Gasteiger partial charge in [-0.1, -0.05) is 0 Å². The average Bonchev–Trinajstić information content (AvgIpc) is 2.17. The van der Waals surface area contributed by atoms with Gasteiger partial charge in [0.15, 0.2) is 0 Å². The van der Waals surface area contributed by atoms with E-state index in [9.17, 15) is 17.6 Å². The maximum atomic E-state index is 12.6. The molecule has 0 bridgehead atoms. The summed E-state index contributed by atoms with van der Waals surface area (Å²) in [4.78, 5) is 0.986. The molecular weight excluding hydrogens is 224 g/mol. The predicted molar refractivity (Wildman–Crippen MR) is 53.7 cm³/mol. The van der Waals surface area contributed by atoms with Crippen LogP contribution in [0.5, 0.6) is 0 Å². The lowest BCUT2D eigenvalue weighted by Crippen LogP contribution is -2.48. The largest absolute Gasteiger partial charge is 0.409 e. The molecule has 0 radical (unpaired) electrons. The summed E-state index contributed by atoms with van der Waals surface area (Å²) in [5, 5.41) is 0. The van der Waals surface area contributed by atoms with Crippen molar-refractivity contribution in [1.29, 1.82) is 0 Å². The van der Waals surface area contributed by atoms with Crippen LogP contribution in [-0.4, -0.2) is 25.8 Å². The van der Waals surface area contributed by atoms with Crippen LogP contribution in [0.3, 0.4) is 0 Å². The Balaban J connectivity index is 2.91. The zero-order chi connectivity index (χ0) is 12.3. The highest BCUT2D eigenvalue weighted by Crippen LogP contribution is 2.27. The van der Waals surface area contributed by atoms with Gasteiger partial charge in [0.2, 0.25) is 0 Å². The molecule has 1 atom stereocenters. The van der Waals surface area contributed by atoms with Crippen molar-refractivity contribution in [3.05, 3.63) is 30.1 Å². The van der Waals surface area contributed by atoms with Crippen LogP contribution in [0.15, 0.2) is 24.3 Å². The van der Waals surface area contributed by atoms with Crippen LogP contribution < -0.4 is 10.6 Å². The lowest BCUT2D eigenvalue weighted by molar-refractivity contribution is -0.145. The summed E-state index contributed by atoms with van der Waals surface area (Å²) in [6, 6.07) is 3.01. The lowest BCUT2D eigenvalue weighted by Gasteiger charge is -2.30. The minimum absolute atomic E-state index is 0.272. The van der Waals surface area contributed by atoms with E-state index in [1.165, 1.54) is 19.2 Å². The molecule has 1 unspecified atom stereocenters. The second-order valence-electron chi connectivity index (χ2n) is 3.38. The topological polar surface area (TPSA) is 29.3 Å². The normalized spacial score (nSPS) is 13.6. The summed E-state index contributed by atoms with van der Waals surface area (Å²) in [5.74, 6) is -0.492. The third kappa shape index (κ3) is 2.85. The zero-order valence-electron chi connectivity index (χ0n) is 8.63. The number of benzene rings is 1. The molecule has 0 saturated carbocycles. The molecule has 6 heteroatoms. The molecule has 0 aromatic heterocycles. The molecule has 1 aromatic rings. The fourth-order valence-electron chi connectivity index (χ4n) is 1.37. The smallest absolute Gasteiger partial charge is 0.362 e. The average molecular weight is 236 g/mol. The molecular formula is C10H12F4N2. The number of hydrogen-bond donors (Lipinski definition) is 1. The van der Waals surface area contributed by atoms with Gasteiger partial charge in [0.1, 0.15) is 11.9 Å². The number of likely N-dealkylation sites (N-methyl/N-ethyl adjacent to an activating group) is 1. The monoisotopic (exact) mass is 236 g/mol. The molecule has 2 N–H and O–H groups in total. The quantitative estimate of drug-likeness (QED) is 0.815. The van der Waals surface area contributed by atoms with Gasteiger partial charge >= 0.3 is 6.18 Å². The molecule has 0 amide bonds. The van der Waals surface area contributed by atoms with Crippen molar-refractivity contribution in [2.75, 3.05) is 18.5 Å². The lowest BCUT2D eigenvalue weighted by atomic mass is 10.2. The third-order valence-corrected chi connectivity index (χ3v) is 2.30. The Morgan fingerprint density at radius 1 is 1.25 bits per heavy atom. The summed E-state index contributed by atoms with van der Waals surface area (Å²) in [5.41, 5.74) is 5.36. The van der Waals surface area contributed by atoms with E-state index in [1.807, 2.05) is 0 Å². The Hall–Kier alpha value is -1.30. The number of rotatable bonds is 3. The first kappa shape index (κ1) is 12.8. The Morgan fingerprint density at radius 2 is 1.75 bits per heavy atom. The molecule has 0 aliphatic carbocycles. The molecule has 90 valence electrons. The molecule has 0 saturated heterocycles. The van der Waals surface area contributed by atoms with E-state index in [0.29, 0.717) is 0 Å². The predicted octanol–water partition coefficient (Wildman–Crippen LogP) is 2.15. The molecule has 2 nitrogen and oxygen atoms in total. The first-order valence-electron chi connectivity index (χ1n) is 4.61. The van der Waals surface area contributed by atoms with E-state index in [0.717, 1.165) is 17.0 Å². The Morgan fingerprint density at radius 3 is 2.12 bits per heavy atom. The molecule has 1 rings (SSSR count). The van der Waals surface area contributed by atoms with E-state index in [-0.39, 0.29) is 5.69 Å². The molecule has 0 aliphatic heterocycles. The molecule has 0 fully saturated rings. The summed E-state index contributed by atoms with van der Waals surface area (Å²) >= 11 is 0. The number of nitrogens with zero attached hydrogens (tertiary/aromatic N) is 1. The van der Waals surface area contributed by atoms with Gasteiger partial charge in [-0.15, -0.1) is 0 Å². The van der Waals surface area contributed by atoms with Crippen molar-refractivity contribution >= 4 is 5.69 Å². The van der Waals surface area contributed by atoms with Crippen molar-refractivity contribution in [3.8, 4) is 0 Å². The molecule has 1 aromatic carbocycles. The number of nitrogens with two attached hydrogens (primary N) is 1. The first-order chi connectivity index (χ1) is 7.36. The number of anilines is 1. The maximum Gasteiger partial charge on any atom is 0.409 e. The fraction of sp³-hybridized carbons (Fsp3) is 0.400. The van der Waals surface area contributed by atoms with E-state index >= 15 is 0 Å². The van der Waals surface area contributed by atoms with Crippen molar-refractivity contribution < 1.29 is 17.6 Å². The van der Waals surface area contributed by atoms with Crippen molar-refractivity contribution in [1.82, 2.24) is 0 Å². The second-order valence-corrected chi connectivity index (χ2v) is 3.38. The van der Waals surface area contributed by atoms with Crippen LogP contribution in [0.4, 0.5) is 23.2 Å². The Kier molecular flexibility index (Phi) is 3.74. The van der Waals surface area contributed by atoms with Gasteiger partial charge in [-0.05, 0) is 24.3 Å². The molecule has 0 aliphatic rings. The van der Waals surface area contributed by atoms with E-state index < -0.39 is 24.6 Å². The first-order valence-corrected chi connectivity index (χ1v) is 4.61. The van der Waals surface area contributed by atoms with Gasteiger partial charge in [0.25, 0.3) is 0 Å². The van der Waals surface area contributed by atoms with Gasteiger partial charge in [-0.3, -0.25) is 0 Å². The van der Waals surface area contributed by atoms with Crippen LogP contribution in [-0.2, 0) is 0 Å². The molecule has 0 heterocycles. The third-order valence-electron chi connectivity index (χ3n) is 2.30. The van der Waals surface area contributed by atoms with Gasteiger partial charge in [0.05, 0.1) is 0 Å². The highest BCUT2D eigenvalue weighted by atomic mass is 19.4. The summed E-state index contributed by atoms with van der Waals surface area (Å²) in [6.07, 6.45) is -4.40. The van der Waals surface area contributed by atoms with E-state index in [1.54, 1.807) is 0 Å². The highest BCUT2D eigenvalue weighted by Gasteiger charge is 2.41. The molecule has 0 spiro atoms. The fourth-order valence-corrected chi connectivity index (χ4v) is 1.37. The summed E-state index contributed by atoms with van der Waals surface area (Å²) in [6.45, 7) is -0.544. The number of hydrogen-bond acceptors (Lipinski definition) is 2. The Labute approximate surface area is 90.7 Å². The zero-order valence-corrected chi connectivity index (χ0v) is 8.63. The standard InChI is InChI=1S/C10H12F4N2/c1-16(9(6-15)10(12,13)14)8-4-2-7(11)3-5-8/h2-5,9H,6,15H2,1H3. The van der Waals surface area contributed by atoms with Crippen LogP contribution in [0.25, 0.3) is 0 Å². The van der Waals surface area contributed by atoms with Gasteiger partial charge in [-0.2, -0.15) is 13.2 Å². The van der Waals surface area contributed by atoms with Gasteiger partial charge in [0, 0.05) is 19.3 Å². The minimum atomic E-state index is -4.40. The second kappa shape index (κ2) is 4.69. The van der Waals surface area contributed by atoms with Crippen LogP contribution in [0, 0.1) is 5.82 Å². The highest BCUT2D eigenvalue weighted by molar-refractivity contribution is 5.46. The van der Waals surface area contributed by atoms with E-state index in [4.69, 9.17) is 5.73 Å². The van der Waals surface area contributed by atoms with Crippen LogP contribution in [0.1, 0.15) is 0 Å². The summed E-state index contributed by atoms with van der Waals surface area (Å²) in [7, 11) is 1.28. The van der Waals surface area contributed by atoms with Crippen molar-refractivity contribution in [3.63, 3.8) is 0 Å². The van der Waals surface area contributed by atoms with Crippen molar-refractivity contribution in [2.24, 2.45) is 5.73 Å². The van der Waals surface area contributed by atoms with Crippen LogP contribution >= 0.6 is 0 Å². The van der Waals surface area contributed by atoms with Crippen LogP contribution in [0.2, 0.25) is 0 Å². The van der Waals surface area contributed by atoms with Gasteiger partial charge < -0.3 is 10.6 Å². The number of halogens is 4. The van der Waals surface area contributed by atoms with Gasteiger partial charge in [-0.25, -0.2) is 4.39 Å². The maximum absolute atomic E-state index is 12.6. The molecule has 16 heavy (non-hydrogen) atoms.